The Labute approximate surface area is 102 Å². The lowest BCUT2D eigenvalue weighted by Gasteiger charge is -2.39. The number of nitrogens with two attached hydrogens (primary N) is 1. The van der Waals surface area contributed by atoms with Crippen LogP contribution in [-0.2, 0) is 4.79 Å². The lowest BCUT2D eigenvalue weighted by Crippen LogP contribution is -2.53. The molecule has 0 aromatic carbocycles. The number of hydrogen-bond donors (Lipinski definition) is 2. The summed E-state index contributed by atoms with van der Waals surface area (Å²) in [5, 5.41) is 3.04. The molecule has 0 radical (unpaired) electrons. The molecule has 0 unspecified atom stereocenters. The molecule has 90 valence electrons. The van der Waals surface area contributed by atoms with Crippen molar-refractivity contribution in [1.29, 1.82) is 0 Å². The van der Waals surface area contributed by atoms with Crippen LogP contribution in [0.4, 0.5) is 0 Å². The van der Waals surface area contributed by atoms with Gasteiger partial charge in [-0.25, -0.2) is 0 Å². The van der Waals surface area contributed by atoms with E-state index in [1.807, 2.05) is 0 Å². The van der Waals surface area contributed by atoms with Crippen molar-refractivity contribution in [1.82, 2.24) is 5.32 Å². The molecule has 0 saturated heterocycles. The molecule has 0 spiro atoms. The largest absolute Gasteiger partial charge is 0.392 e. The van der Waals surface area contributed by atoms with E-state index >= 15 is 0 Å². The van der Waals surface area contributed by atoms with Crippen LogP contribution in [0.25, 0.3) is 0 Å². The van der Waals surface area contributed by atoms with Crippen LogP contribution >= 0.6 is 12.2 Å². The van der Waals surface area contributed by atoms with Crippen molar-refractivity contribution in [2.24, 2.45) is 17.1 Å². The quantitative estimate of drug-likeness (QED) is 0.736. The van der Waals surface area contributed by atoms with Gasteiger partial charge in [0.2, 0.25) is 5.91 Å². The molecule has 2 aliphatic rings. The van der Waals surface area contributed by atoms with Crippen LogP contribution in [0.1, 0.15) is 44.9 Å². The van der Waals surface area contributed by atoms with Gasteiger partial charge >= 0.3 is 0 Å². The zero-order chi connectivity index (χ0) is 11.6. The van der Waals surface area contributed by atoms with Crippen molar-refractivity contribution in [3.8, 4) is 0 Å². The summed E-state index contributed by atoms with van der Waals surface area (Å²) in [7, 11) is 0. The van der Waals surface area contributed by atoms with Gasteiger partial charge in [-0.2, -0.15) is 0 Å². The zero-order valence-corrected chi connectivity index (χ0v) is 10.4. The van der Waals surface area contributed by atoms with Crippen molar-refractivity contribution >= 4 is 23.1 Å². The Bertz CT molecular complexity index is 293. The van der Waals surface area contributed by atoms with Crippen LogP contribution in [0.15, 0.2) is 0 Å². The fourth-order valence-corrected chi connectivity index (χ4v) is 3.03. The smallest absolute Gasteiger partial charge is 0.233 e. The molecule has 0 aromatic rings. The molecule has 2 rings (SSSR count). The SMILES string of the molecule is NC(=S)C1(C(=O)NCC2CCCC2)CCC1. The van der Waals surface area contributed by atoms with Crippen molar-refractivity contribution in [3.05, 3.63) is 0 Å². The minimum atomic E-state index is -0.506. The van der Waals surface area contributed by atoms with E-state index in [9.17, 15) is 4.79 Å². The molecule has 3 N–H and O–H groups in total. The summed E-state index contributed by atoms with van der Waals surface area (Å²) in [6, 6.07) is 0. The summed E-state index contributed by atoms with van der Waals surface area (Å²) < 4.78 is 0. The Morgan fingerprint density at radius 2 is 1.94 bits per heavy atom. The van der Waals surface area contributed by atoms with Crippen molar-refractivity contribution < 1.29 is 4.79 Å². The summed E-state index contributed by atoms with van der Waals surface area (Å²) >= 11 is 5.02. The topological polar surface area (TPSA) is 55.1 Å². The van der Waals surface area contributed by atoms with Gasteiger partial charge in [-0.15, -0.1) is 0 Å². The van der Waals surface area contributed by atoms with Crippen LogP contribution in [-0.4, -0.2) is 17.4 Å². The van der Waals surface area contributed by atoms with Gasteiger partial charge in [0.25, 0.3) is 0 Å². The predicted octanol–water partition coefficient (Wildman–Crippen LogP) is 1.75. The molecule has 1 amide bonds. The maximum atomic E-state index is 12.1. The van der Waals surface area contributed by atoms with E-state index in [0.717, 1.165) is 25.8 Å². The monoisotopic (exact) mass is 240 g/mol. The van der Waals surface area contributed by atoms with Crippen molar-refractivity contribution in [3.63, 3.8) is 0 Å². The van der Waals surface area contributed by atoms with Crippen LogP contribution < -0.4 is 11.1 Å². The first kappa shape index (κ1) is 11.8. The third kappa shape index (κ3) is 2.08. The molecule has 0 bridgehead atoms. The average Bonchev–Trinajstić information content (AvgIpc) is 2.64. The number of nitrogens with one attached hydrogen (secondary N) is 1. The van der Waals surface area contributed by atoms with E-state index in [1.54, 1.807) is 0 Å². The van der Waals surface area contributed by atoms with Crippen LogP contribution in [0.3, 0.4) is 0 Å². The van der Waals surface area contributed by atoms with Gasteiger partial charge in [0.1, 0.15) is 0 Å². The van der Waals surface area contributed by atoms with Gasteiger partial charge in [0.15, 0.2) is 0 Å². The molecule has 0 aliphatic heterocycles. The Morgan fingerprint density at radius 1 is 1.31 bits per heavy atom. The first-order chi connectivity index (χ1) is 7.65. The second kappa shape index (κ2) is 4.70. The van der Waals surface area contributed by atoms with Gasteiger partial charge < -0.3 is 11.1 Å². The van der Waals surface area contributed by atoms with E-state index in [2.05, 4.69) is 5.32 Å². The van der Waals surface area contributed by atoms with Crippen molar-refractivity contribution in [2.45, 2.75) is 44.9 Å². The van der Waals surface area contributed by atoms with E-state index in [4.69, 9.17) is 18.0 Å². The maximum absolute atomic E-state index is 12.1. The first-order valence-electron chi connectivity index (χ1n) is 6.23. The van der Waals surface area contributed by atoms with Crippen molar-refractivity contribution in [2.75, 3.05) is 6.54 Å². The third-order valence-corrected chi connectivity index (χ3v) is 4.53. The van der Waals surface area contributed by atoms with E-state index in [1.165, 1.54) is 25.7 Å². The summed E-state index contributed by atoms with van der Waals surface area (Å²) in [6.07, 6.45) is 7.84. The second-order valence-corrected chi connectivity index (χ2v) is 5.60. The second-order valence-electron chi connectivity index (χ2n) is 5.16. The van der Waals surface area contributed by atoms with E-state index in [0.29, 0.717) is 10.9 Å². The van der Waals surface area contributed by atoms with Gasteiger partial charge in [-0.3, -0.25) is 4.79 Å². The highest BCUT2D eigenvalue weighted by molar-refractivity contribution is 7.80. The number of carbonyl (C=O) groups excluding carboxylic acids is 1. The van der Waals surface area contributed by atoms with E-state index < -0.39 is 5.41 Å². The van der Waals surface area contributed by atoms with Gasteiger partial charge in [-0.05, 0) is 31.6 Å². The molecular formula is C12H20N2OS. The minimum Gasteiger partial charge on any atom is -0.392 e. The molecule has 0 atom stereocenters. The number of rotatable bonds is 4. The Hall–Kier alpha value is -0.640. The molecule has 2 saturated carbocycles. The molecule has 3 nitrogen and oxygen atoms in total. The molecule has 2 aliphatic carbocycles. The molecule has 4 heteroatoms. The lowest BCUT2D eigenvalue weighted by molar-refractivity contribution is -0.131. The molecule has 2 fully saturated rings. The normalized spacial score (nSPS) is 23.8. The number of thiocarbonyl (C=S) groups is 1. The summed E-state index contributed by atoms with van der Waals surface area (Å²) in [5.41, 5.74) is 5.18. The predicted molar refractivity (Wildman–Crippen MR) is 68.0 cm³/mol. The van der Waals surface area contributed by atoms with Gasteiger partial charge in [-0.1, -0.05) is 31.5 Å². The van der Waals surface area contributed by atoms with Crippen LogP contribution in [0.2, 0.25) is 0 Å². The number of hydrogen-bond acceptors (Lipinski definition) is 2. The zero-order valence-electron chi connectivity index (χ0n) is 9.63. The minimum absolute atomic E-state index is 0.0677. The highest BCUT2D eigenvalue weighted by atomic mass is 32.1. The molecule has 16 heavy (non-hydrogen) atoms. The van der Waals surface area contributed by atoms with Crippen LogP contribution in [0.5, 0.6) is 0 Å². The number of carbonyl (C=O) groups is 1. The van der Waals surface area contributed by atoms with Gasteiger partial charge in [0, 0.05) is 6.54 Å². The number of amides is 1. The van der Waals surface area contributed by atoms with Crippen LogP contribution in [0, 0.1) is 11.3 Å². The molecule has 0 heterocycles. The fourth-order valence-electron chi connectivity index (χ4n) is 2.74. The Kier molecular flexibility index (Phi) is 3.47. The average molecular weight is 240 g/mol. The maximum Gasteiger partial charge on any atom is 0.233 e. The molecule has 0 aromatic heterocycles. The highest BCUT2D eigenvalue weighted by Gasteiger charge is 2.46. The first-order valence-corrected chi connectivity index (χ1v) is 6.64. The molecular weight excluding hydrogens is 220 g/mol. The summed E-state index contributed by atoms with van der Waals surface area (Å²) in [6.45, 7) is 0.809. The third-order valence-electron chi connectivity index (χ3n) is 4.14. The lowest BCUT2D eigenvalue weighted by atomic mass is 9.68. The standard InChI is InChI=1S/C12H20N2OS/c13-10(16)12(6-3-7-12)11(15)14-8-9-4-1-2-5-9/h9H,1-8H2,(H2,13,16)(H,14,15). The van der Waals surface area contributed by atoms with Gasteiger partial charge in [0.05, 0.1) is 10.4 Å². The fraction of sp³-hybridized carbons (Fsp3) is 0.833. The Morgan fingerprint density at radius 3 is 2.38 bits per heavy atom. The Balaban J connectivity index is 1.84. The highest BCUT2D eigenvalue weighted by Crippen LogP contribution is 2.41. The summed E-state index contributed by atoms with van der Waals surface area (Å²) in [4.78, 5) is 12.4. The van der Waals surface area contributed by atoms with E-state index in [-0.39, 0.29) is 5.91 Å². The summed E-state index contributed by atoms with van der Waals surface area (Å²) in [5.74, 6) is 0.741.